The lowest BCUT2D eigenvalue weighted by Gasteiger charge is -2.45. The highest BCUT2D eigenvalue weighted by molar-refractivity contribution is 6.14. The fraction of sp³-hybridized carbons (Fsp3) is 0.0625. The molecule has 10 aromatic carbocycles. The van der Waals surface area contributed by atoms with E-state index in [9.17, 15) is 0 Å². The van der Waals surface area contributed by atoms with Crippen LogP contribution in [0.25, 0.3) is 55.3 Å². The summed E-state index contributed by atoms with van der Waals surface area (Å²) < 4.78 is 6.61. The van der Waals surface area contributed by atoms with Gasteiger partial charge >= 0.3 is 0 Å². The lowest BCUT2D eigenvalue weighted by atomic mass is 9.64. The van der Waals surface area contributed by atoms with E-state index in [1.54, 1.807) is 0 Å². The quantitative estimate of drug-likeness (QED) is 0.166. The molecule has 11 aromatic rings. The standard InChI is InChI=1S/C64H44N2O/c1-63(2)52-27-14-12-25-47(52)48-35-33-44(39-54(48)63)65(57-30-18-32-59-60(57)51-26-13-17-31-58(51)67-59)45-34-36-49-50-38-37-46(41-19-6-3-7-20-41)62-61(50)64(55(49)40-45,42-21-8-4-9-22-42)53-28-15-16-29-56(53)66(62)43-23-10-5-11-24-43/h3-40H,1-2H3. The monoisotopic (exact) mass is 856 g/mol. The minimum absolute atomic E-state index is 0.178. The van der Waals surface area contributed by atoms with Gasteiger partial charge in [0.15, 0.2) is 0 Å². The summed E-state index contributed by atoms with van der Waals surface area (Å²) in [5.41, 5.74) is 22.9. The summed E-state index contributed by atoms with van der Waals surface area (Å²) in [6.45, 7) is 4.74. The highest BCUT2D eigenvalue weighted by Crippen LogP contribution is 2.67. The zero-order valence-electron chi connectivity index (χ0n) is 37.2. The Bertz CT molecular complexity index is 3790. The maximum absolute atomic E-state index is 6.61. The second kappa shape index (κ2) is 14.1. The molecule has 2 heterocycles. The van der Waals surface area contributed by atoms with E-state index in [-0.39, 0.29) is 5.41 Å². The Hall–Kier alpha value is -8.40. The Morgan fingerprint density at radius 1 is 0.433 bits per heavy atom. The lowest BCUT2D eigenvalue weighted by Crippen LogP contribution is -2.36. The van der Waals surface area contributed by atoms with Gasteiger partial charge in [-0.2, -0.15) is 0 Å². The van der Waals surface area contributed by atoms with Gasteiger partial charge in [-0.3, -0.25) is 0 Å². The van der Waals surface area contributed by atoms with Crippen LogP contribution in [0.3, 0.4) is 0 Å². The summed E-state index contributed by atoms with van der Waals surface area (Å²) in [6.07, 6.45) is 0. The van der Waals surface area contributed by atoms with Crippen LogP contribution in [0.5, 0.6) is 0 Å². The van der Waals surface area contributed by atoms with Crippen LogP contribution in [0.2, 0.25) is 0 Å². The number of nitrogens with zero attached hydrogens (tertiary/aromatic N) is 2. The smallest absolute Gasteiger partial charge is 0.137 e. The SMILES string of the molecule is CC1(C)c2ccccc2-c2ccc(N(c3ccc4c(c3)C3(c5ccccc5)c5ccccc5N(c5ccccc5)c5c(-c6ccccc6)ccc-4c53)c3cccc4oc5ccccc5c34)cc21. The molecule has 1 atom stereocenters. The molecular formula is C64H44N2O. The summed E-state index contributed by atoms with van der Waals surface area (Å²) >= 11 is 0. The maximum Gasteiger partial charge on any atom is 0.137 e. The van der Waals surface area contributed by atoms with E-state index in [4.69, 9.17) is 4.42 Å². The van der Waals surface area contributed by atoms with Crippen molar-refractivity contribution in [2.45, 2.75) is 24.7 Å². The van der Waals surface area contributed by atoms with Crippen molar-refractivity contribution in [1.82, 2.24) is 0 Å². The van der Waals surface area contributed by atoms with Crippen molar-refractivity contribution in [3.63, 3.8) is 0 Å². The average molecular weight is 857 g/mol. The number of hydrogen-bond donors (Lipinski definition) is 0. The number of anilines is 6. The molecule has 1 unspecified atom stereocenters. The average Bonchev–Trinajstić information content (AvgIpc) is 3.99. The molecule has 14 rings (SSSR count). The molecule has 67 heavy (non-hydrogen) atoms. The minimum Gasteiger partial charge on any atom is -0.456 e. The third kappa shape index (κ3) is 5.17. The van der Waals surface area contributed by atoms with Gasteiger partial charge in [0.1, 0.15) is 11.2 Å². The molecule has 0 saturated carbocycles. The van der Waals surface area contributed by atoms with Crippen molar-refractivity contribution in [3.8, 4) is 33.4 Å². The predicted octanol–water partition coefficient (Wildman–Crippen LogP) is 17.2. The third-order valence-electron chi connectivity index (χ3n) is 15.0. The van der Waals surface area contributed by atoms with Crippen molar-refractivity contribution >= 4 is 56.1 Å². The number of furan rings is 1. The first-order chi connectivity index (χ1) is 33.0. The van der Waals surface area contributed by atoms with Gasteiger partial charge in [-0.15, -0.1) is 0 Å². The fourth-order valence-electron chi connectivity index (χ4n) is 12.2. The molecular weight excluding hydrogens is 813 g/mol. The molecule has 0 spiro atoms. The van der Waals surface area contributed by atoms with E-state index in [0.717, 1.165) is 44.7 Å². The Morgan fingerprint density at radius 2 is 1.01 bits per heavy atom. The second-order valence-electron chi connectivity index (χ2n) is 18.8. The number of fused-ring (bicyclic) bond motifs is 11. The van der Waals surface area contributed by atoms with Gasteiger partial charge in [-0.25, -0.2) is 0 Å². The summed E-state index contributed by atoms with van der Waals surface area (Å²) in [4.78, 5) is 5.01. The summed E-state index contributed by atoms with van der Waals surface area (Å²) in [5, 5.41) is 2.20. The van der Waals surface area contributed by atoms with Crippen LogP contribution in [0.4, 0.5) is 34.1 Å². The zero-order chi connectivity index (χ0) is 44.4. The summed E-state index contributed by atoms with van der Waals surface area (Å²) in [7, 11) is 0. The topological polar surface area (TPSA) is 19.6 Å². The number of rotatable bonds is 6. The van der Waals surface area contributed by atoms with Crippen molar-refractivity contribution in [2.24, 2.45) is 0 Å². The molecule has 0 amide bonds. The molecule has 0 saturated heterocycles. The van der Waals surface area contributed by atoms with Gasteiger partial charge in [0.2, 0.25) is 0 Å². The maximum atomic E-state index is 6.61. The van der Waals surface area contributed by atoms with E-state index in [1.807, 2.05) is 0 Å². The summed E-state index contributed by atoms with van der Waals surface area (Å²) in [5.74, 6) is 0. The van der Waals surface area contributed by atoms with Crippen molar-refractivity contribution < 1.29 is 4.42 Å². The van der Waals surface area contributed by atoms with Crippen molar-refractivity contribution in [2.75, 3.05) is 9.80 Å². The molecule has 316 valence electrons. The van der Waals surface area contributed by atoms with E-state index >= 15 is 0 Å². The van der Waals surface area contributed by atoms with Crippen molar-refractivity contribution in [3.05, 3.63) is 264 Å². The third-order valence-corrected chi connectivity index (χ3v) is 15.0. The van der Waals surface area contributed by atoms with Crippen LogP contribution in [0.1, 0.15) is 47.2 Å². The first-order valence-electron chi connectivity index (χ1n) is 23.3. The van der Waals surface area contributed by atoms with Gasteiger partial charge < -0.3 is 14.2 Å². The zero-order valence-corrected chi connectivity index (χ0v) is 37.2. The van der Waals surface area contributed by atoms with Gasteiger partial charge in [0, 0.05) is 39.0 Å². The van der Waals surface area contributed by atoms with E-state index < -0.39 is 5.41 Å². The summed E-state index contributed by atoms with van der Waals surface area (Å²) in [6, 6.07) is 85.2. The van der Waals surface area contributed by atoms with Crippen LogP contribution in [-0.4, -0.2) is 0 Å². The van der Waals surface area contributed by atoms with Gasteiger partial charge in [0.25, 0.3) is 0 Å². The normalized spacial score (nSPS) is 15.8. The van der Waals surface area contributed by atoms with Gasteiger partial charge in [0.05, 0.1) is 27.9 Å². The van der Waals surface area contributed by atoms with Crippen LogP contribution in [-0.2, 0) is 10.8 Å². The molecule has 3 nitrogen and oxygen atoms in total. The molecule has 0 fully saturated rings. The molecule has 0 bridgehead atoms. The largest absolute Gasteiger partial charge is 0.456 e. The van der Waals surface area contributed by atoms with Crippen molar-refractivity contribution in [1.29, 1.82) is 0 Å². The van der Waals surface area contributed by atoms with Gasteiger partial charge in [-0.1, -0.05) is 184 Å². The first kappa shape index (κ1) is 37.9. The van der Waals surface area contributed by atoms with E-state index in [1.165, 1.54) is 78.1 Å². The molecule has 1 aliphatic heterocycles. The minimum atomic E-state index is -0.661. The van der Waals surface area contributed by atoms with Crippen LogP contribution in [0.15, 0.2) is 235 Å². The molecule has 1 aromatic heterocycles. The number of para-hydroxylation sites is 3. The van der Waals surface area contributed by atoms with E-state index in [2.05, 4.69) is 254 Å². The highest BCUT2D eigenvalue weighted by atomic mass is 16.3. The van der Waals surface area contributed by atoms with E-state index in [0.29, 0.717) is 0 Å². The second-order valence-corrected chi connectivity index (χ2v) is 18.8. The molecule has 2 aliphatic carbocycles. The molecule has 0 N–H and O–H groups in total. The lowest BCUT2D eigenvalue weighted by molar-refractivity contribution is 0.660. The Morgan fingerprint density at radius 3 is 1.81 bits per heavy atom. The van der Waals surface area contributed by atoms with Crippen LogP contribution >= 0.6 is 0 Å². The highest BCUT2D eigenvalue weighted by Gasteiger charge is 2.53. The molecule has 3 aliphatic rings. The fourth-order valence-corrected chi connectivity index (χ4v) is 12.2. The first-order valence-corrected chi connectivity index (χ1v) is 23.3. The molecule has 3 heteroatoms. The molecule has 0 radical (unpaired) electrons. The Kier molecular flexibility index (Phi) is 7.95. The Balaban J connectivity index is 1.09. The number of hydrogen-bond acceptors (Lipinski definition) is 3. The predicted molar refractivity (Wildman–Crippen MR) is 277 cm³/mol. The Labute approximate surface area is 390 Å². The van der Waals surface area contributed by atoms with Crippen LogP contribution < -0.4 is 9.80 Å². The van der Waals surface area contributed by atoms with Crippen LogP contribution in [0, 0.1) is 0 Å². The number of benzene rings is 10. The van der Waals surface area contributed by atoms with Gasteiger partial charge in [-0.05, 0) is 116 Å².